The van der Waals surface area contributed by atoms with E-state index in [4.69, 9.17) is 15.0 Å². The maximum atomic E-state index is 5.60. The summed E-state index contributed by atoms with van der Waals surface area (Å²) in [4.78, 5) is 16.4. The number of nitrogens with zero attached hydrogens (tertiary/aromatic N) is 4. The van der Waals surface area contributed by atoms with Gasteiger partial charge in [-0.15, -0.1) is 11.3 Å². The summed E-state index contributed by atoms with van der Waals surface area (Å²) < 4.78 is 4.98. The molecular weight excluding hydrogens is 917 g/mol. The molecule has 0 saturated heterocycles. The van der Waals surface area contributed by atoms with E-state index in [0.717, 1.165) is 83.0 Å². The van der Waals surface area contributed by atoms with E-state index in [1.165, 1.54) is 47.1 Å². The van der Waals surface area contributed by atoms with Crippen LogP contribution >= 0.6 is 11.3 Å². The van der Waals surface area contributed by atoms with Crippen LogP contribution in [0.3, 0.4) is 0 Å². The summed E-state index contributed by atoms with van der Waals surface area (Å²) in [5.41, 5.74) is 12.9. The third-order valence-electron chi connectivity index (χ3n) is 14.8. The molecule has 0 atom stereocenters. The fourth-order valence-electron chi connectivity index (χ4n) is 11.4. The molecule has 0 aliphatic heterocycles. The van der Waals surface area contributed by atoms with Gasteiger partial charge >= 0.3 is 0 Å². The summed E-state index contributed by atoms with van der Waals surface area (Å²) in [6.07, 6.45) is 0. The van der Waals surface area contributed by atoms with E-state index >= 15 is 0 Å². The van der Waals surface area contributed by atoms with Crippen LogP contribution in [0.4, 0.5) is 0 Å². The molecule has 0 fully saturated rings. The van der Waals surface area contributed by atoms with Crippen LogP contribution in [-0.4, -0.2) is 19.5 Å². The number of hydrogen-bond donors (Lipinski definition) is 0. The molecular formula is C69H42N4S. The Morgan fingerprint density at radius 3 is 1.62 bits per heavy atom. The minimum absolute atomic E-state index is 0.606. The summed E-state index contributed by atoms with van der Waals surface area (Å²) >= 11 is 1.80. The Balaban J connectivity index is 1.11. The largest absolute Gasteiger partial charge is 0.308 e. The summed E-state index contributed by atoms with van der Waals surface area (Å²) in [6, 6.07) is 92.1. The molecule has 15 rings (SSSR count). The maximum absolute atomic E-state index is 5.60. The summed E-state index contributed by atoms with van der Waals surface area (Å²) in [7, 11) is 0. The Kier molecular flexibility index (Phi) is 9.72. The highest BCUT2D eigenvalue weighted by Gasteiger charge is 2.25. The Morgan fingerprint density at radius 1 is 0.270 bits per heavy atom. The smallest absolute Gasteiger partial charge is 0.164 e. The van der Waals surface area contributed by atoms with Crippen LogP contribution in [0.5, 0.6) is 0 Å². The van der Waals surface area contributed by atoms with Crippen LogP contribution in [0.1, 0.15) is 0 Å². The van der Waals surface area contributed by atoms with Gasteiger partial charge in [-0.25, -0.2) is 15.0 Å². The van der Waals surface area contributed by atoms with E-state index in [1.807, 2.05) is 6.07 Å². The van der Waals surface area contributed by atoms with Crippen molar-refractivity contribution in [1.29, 1.82) is 0 Å². The molecule has 3 aromatic heterocycles. The van der Waals surface area contributed by atoms with Crippen LogP contribution in [0.25, 0.3) is 148 Å². The van der Waals surface area contributed by atoms with Crippen LogP contribution < -0.4 is 0 Å². The first kappa shape index (κ1) is 42.2. The lowest BCUT2D eigenvalue weighted by atomic mass is 9.90. The standard InChI is InChI=1S/C69H42N4S/c1-4-18-43(19-5-1)47-27-16-28-51(38-47)56-42-58(69-71-67(46-23-8-3-9-24-46)70-68(72-69)55-31-17-33-63-65(55)54-30-14-15-32-62(54)74-63)53-36-34-50(44-20-6-2-7-21-44)39-57(53)66(56)73-60-37-35-45-22-12-13-29-52(45)64(60)59-40-48-25-10-11-26-49(48)41-61(59)73/h1-42H. The van der Waals surface area contributed by atoms with Crippen molar-refractivity contribution in [3.63, 3.8) is 0 Å². The van der Waals surface area contributed by atoms with Crippen LogP contribution in [0, 0.1) is 0 Å². The van der Waals surface area contributed by atoms with Gasteiger partial charge in [0.1, 0.15) is 0 Å². The molecule has 0 radical (unpaired) electrons. The van der Waals surface area contributed by atoms with Crippen LogP contribution in [0.15, 0.2) is 255 Å². The molecule has 0 bridgehead atoms. The monoisotopic (exact) mass is 958 g/mol. The fraction of sp³-hybridized carbons (Fsp3) is 0. The van der Waals surface area contributed by atoms with Gasteiger partial charge in [-0.1, -0.05) is 206 Å². The maximum Gasteiger partial charge on any atom is 0.164 e. The fourth-order valence-corrected chi connectivity index (χ4v) is 12.5. The minimum atomic E-state index is 0.606. The van der Waals surface area contributed by atoms with E-state index < -0.39 is 0 Å². The van der Waals surface area contributed by atoms with Gasteiger partial charge in [0, 0.05) is 58.6 Å². The highest BCUT2D eigenvalue weighted by atomic mass is 32.1. The van der Waals surface area contributed by atoms with E-state index in [9.17, 15) is 0 Å². The number of fused-ring (bicyclic) bond motifs is 10. The predicted octanol–water partition coefficient (Wildman–Crippen LogP) is 18.8. The van der Waals surface area contributed by atoms with Crippen molar-refractivity contribution in [2.24, 2.45) is 0 Å². The normalized spacial score (nSPS) is 11.8. The van der Waals surface area contributed by atoms with Gasteiger partial charge in [-0.2, -0.15) is 0 Å². The van der Waals surface area contributed by atoms with Crippen molar-refractivity contribution in [2.45, 2.75) is 0 Å². The van der Waals surface area contributed by atoms with Crippen LogP contribution in [-0.2, 0) is 0 Å². The van der Waals surface area contributed by atoms with Crippen molar-refractivity contribution in [1.82, 2.24) is 19.5 Å². The van der Waals surface area contributed by atoms with Gasteiger partial charge in [0.15, 0.2) is 17.5 Å². The molecule has 74 heavy (non-hydrogen) atoms. The van der Waals surface area contributed by atoms with Crippen molar-refractivity contribution < 1.29 is 0 Å². The van der Waals surface area contributed by atoms with Crippen molar-refractivity contribution in [2.75, 3.05) is 0 Å². The lowest BCUT2D eigenvalue weighted by Gasteiger charge is -2.21. The lowest BCUT2D eigenvalue weighted by Crippen LogP contribution is -2.04. The molecule has 0 unspecified atom stereocenters. The molecule has 15 aromatic rings. The summed E-state index contributed by atoms with van der Waals surface area (Å²) in [6.45, 7) is 0. The molecule has 344 valence electrons. The minimum Gasteiger partial charge on any atom is -0.308 e. The SMILES string of the molecule is c1ccc(-c2cccc(-c3cc(-c4nc(-c5ccccc5)nc(-c5cccc6sc7ccccc7c56)n4)c4ccc(-c5ccccc5)cc4c3-n3c4cc5ccccc5cc4c4c5ccccc5ccc43)c2)cc1. The first-order chi connectivity index (χ1) is 36.7. The molecule has 0 aliphatic rings. The third kappa shape index (κ3) is 6.86. The average Bonchev–Trinajstić information content (AvgIpc) is 4.02. The van der Waals surface area contributed by atoms with Crippen LogP contribution in [0.2, 0.25) is 0 Å². The molecule has 4 nitrogen and oxygen atoms in total. The Labute approximate surface area is 430 Å². The van der Waals surface area contributed by atoms with Gasteiger partial charge in [0.2, 0.25) is 0 Å². The van der Waals surface area contributed by atoms with E-state index in [1.54, 1.807) is 11.3 Å². The van der Waals surface area contributed by atoms with E-state index in [2.05, 4.69) is 253 Å². The number of rotatable bonds is 7. The summed E-state index contributed by atoms with van der Waals surface area (Å²) in [5, 5.41) is 11.7. The zero-order valence-electron chi connectivity index (χ0n) is 39.9. The van der Waals surface area contributed by atoms with Crippen molar-refractivity contribution in [3.8, 4) is 73.2 Å². The average molecular weight is 959 g/mol. The molecule has 12 aromatic carbocycles. The first-order valence-corrected chi connectivity index (χ1v) is 25.9. The lowest BCUT2D eigenvalue weighted by molar-refractivity contribution is 1.08. The van der Waals surface area contributed by atoms with Crippen molar-refractivity contribution in [3.05, 3.63) is 255 Å². The summed E-state index contributed by atoms with van der Waals surface area (Å²) in [5.74, 6) is 1.86. The number of hydrogen-bond acceptors (Lipinski definition) is 4. The van der Waals surface area contributed by atoms with Gasteiger partial charge in [-0.05, 0) is 103 Å². The molecule has 0 saturated carbocycles. The number of thiophene rings is 1. The van der Waals surface area contributed by atoms with Gasteiger partial charge < -0.3 is 4.57 Å². The highest BCUT2D eigenvalue weighted by molar-refractivity contribution is 7.25. The second-order valence-corrected chi connectivity index (χ2v) is 20.2. The first-order valence-electron chi connectivity index (χ1n) is 25.1. The molecule has 0 N–H and O–H groups in total. The molecule has 3 heterocycles. The Morgan fingerprint density at radius 2 is 0.851 bits per heavy atom. The quantitative estimate of drug-likeness (QED) is 0.160. The zero-order valence-corrected chi connectivity index (χ0v) is 40.8. The molecule has 0 spiro atoms. The predicted molar refractivity (Wildman–Crippen MR) is 312 cm³/mol. The molecule has 0 aliphatic carbocycles. The van der Waals surface area contributed by atoms with Gasteiger partial charge in [0.05, 0.1) is 16.7 Å². The number of aromatic nitrogens is 4. The second-order valence-electron chi connectivity index (χ2n) is 19.1. The van der Waals surface area contributed by atoms with E-state index in [0.29, 0.717) is 17.5 Å². The Bertz CT molecular complexity index is 4710. The molecule has 0 amide bonds. The number of benzene rings is 12. The Hall–Kier alpha value is -9.55. The van der Waals surface area contributed by atoms with Crippen molar-refractivity contribution >= 4 is 85.6 Å². The molecule has 5 heteroatoms. The van der Waals surface area contributed by atoms with E-state index in [-0.39, 0.29) is 0 Å². The van der Waals surface area contributed by atoms with Gasteiger partial charge in [0.25, 0.3) is 0 Å². The highest BCUT2D eigenvalue weighted by Crippen LogP contribution is 2.47. The van der Waals surface area contributed by atoms with Gasteiger partial charge in [-0.3, -0.25) is 0 Å². The third-order valence-corrected chi connectivity index (χ3v) is 15.9. The second kappa shape index (κ2) is 17.1. The zero-order chi connectivity index (χ0) is 48.7. The topological polar surface area (TPSA) is 43.6 Å².